The van der Waals surface area contributed by atoms with Crippen LogP contribution in [0.2, 0.25) is 0 Å². The molecule has 0 fully saturated rings. The standard InChI is InChI=1S/C23H26N2O2S/c1-4-5-10-25-20(18-8-9-21-22(14-18)27-12-11-26-21)15-28-23(25)24-19-13-16(2)6-7-17(19)3/h6-9,13-15H,4-5,10-12H2,1-3H3. The van der Waals surface area contributed by atoms with Crippen molar-refractivity contribution in [2.75, 3.05) is 13.2 Å². The first kappa shape index (κ1) is 18.8. The molecule has 0 spiro atoms. The zero-order valence-electron chi connectivity index (χ0n) is 16.7. The molecule has 28 heavy (non-hydrogen) atoms. The van der Waals surface area contributed by atoms with Crippen LogP contribution >= 0.6 is 11.3 Å². The predicted octanol–water partition coefficient (Wildman–Crippen LogP) is 5.64. The number of hydrogen-bond acceptors (Lipinski definition) is 4. The summed E-state index contributed by atoms with van der Waals surface area (Å²) in [4.78, 5) is 6.05. The van der Waals surface area contributed by atoms with Gasteiger partial charge in [-0.2, -0.15) is 0 Å². The van der Waals surface area contributed by atoms with Crippen molar-refractivity contribution in [2.45, 2.75) is 40.2 Å². The Morgan fingerprint density at radius 2 is 1.86 bits per heavy atom. The largest absolute Gasteiger partial charge is 0.486 e. The van der Waals surface area contributed by atoms with Crippen molar-refractivity contribution in [3.05, 3.63) is 57.7 Å². The highest BCUT2D eigenvalue weighted by atomic mass is 32.1. The molecule has 0 radical (unpaired) electrons. The Labute approximate surface area is 170 Å². The number of hydrogen-bond donors (Lipinski definition) is 0. The maximum atomic E-state index is 5.78. The quantitative estimate of drug-likeness (QED) is 0.562. The van der Waals surface area contributed by atoms with Gasteiger partial charge in [-0.1, -0.05) is 25.5 Å². The summed E-state index contributed by atoms with van der Waals surface area (Å²) in [5.41, 5.74) is 5.79. The fraction of sp³-hybridized carbons (Fsp3) is 0.348. The average molecular weight is 395 g/mol. The van der Waals surface area contributed by atoms with Gasteiger partial charge in [-0.3, -0.25) is 0 Å². The number of benzene rings is 2. The third-order valence-corrected chi connectivity index (χ3v) is 5.82. The van der Waals surface area contributed by atoms with E-state index in [-0.39, 0.29) is 0 Å². The lowest BCUT2D eigenvalue weighted by Gasteiger charge is -2.19. The molecule has 4 rings (SSSR count). The van der Waals surface area contributed by atoms with E-state index < -0.39 is 0 Å². The van der Waals surface area contributed by atoms with Gasteiger partial charge in [-0.25, -0.2) is 4.99 Å². The fourth-order valence-corrected chi connectivity index (χ4v) is 4.28. The molecule has 0 atom stereocenters. The summed E-state index contributed by atoms with van der Waals surface area (Å²) < 4.78 is 13.8. The van der Waals surface area contributed by atoms with Crippen LogP contribution in [0, 0.1) is 13.8 Å². The van der Waals surface area contributed by atoms with Crippen molar-refractivity contribution in [1.29, 1.82) is 0 Å². The third-order valence-electron chi connectivity index (χ3n) is 4.95. The second-order valence-electron chi connectivity index (χ2n) is 7.17. The van der Waals surface area contributed by atoms with E-state index in [0.717, 1.165) is 46.9 Å². The molecule has 2 aromatic carbocycles. The topological polar surface area (TPSA) is 35.8 Å². The van der Waals surface area contributed by atoms with E-state index in [1.165, 1.54) is 16.8 Å². The van der Waals surface area contributed by atoms with Gasteiger partial charge in [-0.05, 0) is 55.7 Å². The zero-order chi connectivity index (χ0) is 19.5. The maximum absolute atomic E-state index is 5.78. The first-order valence-corrected chi connectivity index (χ1v) is 10.7. The minimum absolute atomic E-state index is 0.600. The lowest BCUT2D eigenvalue weighted by Crippen LogP contribution is -2.17. The highest BCUT2D eigenvalue weighted by Gasteiger charge is 2.15. The molecule has 2 heterocycles. The summed E-state index contributed by atoms with van der Waals surface area (Å²) in [5, 5.41) is 2.20. The Kier molecular flexibility index (Phi) is 5.53. The molecular weight excluding hydrogens is 368 g/mol. The van der Waals surface area contributed by atoms with Gasteiger partial charge in [0, 0.05) is 17.5 Å². The molecule has 1 aliphatic heterocycles. The van der Waals surface area contributed by atoms with Gasteiger partial charge in [0.05, 0.1) is 11.4 Å². The molecule has 0 N–H and O–H groups in total. The lowest BCUT2D eigenvalue weighted by atomic mass is 10.1. The van der Waals surface area contributed by atoms with Crippen LogP contribution in [0.1, 0.15) is 30.9 Å². The van der Waals surface area contributed by atoms with Gasteiger partial charge in [0.25, 0.3) is 0 Å². The molecule has 0 bridgehead atoms. The van der Waals surface area contributed by atoms with Crippen LogP contribution in [0.3, 0.4) is 0 Å². The molecule has 5 heteroatoms. The predicted molar refractivity (Wildman–Crippen MR) is 115 cm³/mol. The number of ether oxygens (including phenoxy) is 2. The smallest absolute Gasteiger partial charge is 0.190 e. The Morgan fingerprint density at radius 3 is 2.68 bits per heavy atom. The van der Waals surface area contributed by atoms with Crippen molar-refractivity contribution in [1.82, 2.24) is 4.57 Å². The molecule has 0 saturated heterocycles. The SMILES string of the molecule is CCCCn1c(-c2ccc3c(c2)OCCO3)csc1=Nc1cc(C)ccc1C. The van der Waals surface area contributed by atoms with E-state index in [1.807, 2.05) is 6.07 Å². The van der Waals surface area contributed by atoms with Crippen LogP contribution in [0.5, 0.6) is 11.5 Å². The third kappa shape index (κ3) is 3.85. The first-order chi connectivity index (χ1) is 13.7. The Bertz CT molecular complexity index is 1050. The molecule has 0 saturated carbocycles. The van der Waals surface area contributed by atoms with Gasteiger partial charge in [0.15, 0.2) is 16.3 Å². The lowest BCUT2D eigenvalue weighted by molar-refractivity contribution is 0.171. The van der Waals surface area contributed by atoms with Crippen LogP contribution < -0.4 is 14.3 Å². The molecule has 0 aliphatic carbocycles. The van der Waals surface area contributed by atoms with E-state index >= 15 is 0 Å². The minimum Gasteiger partial charge on any atom is -0.486 e. The summed E-state index contributed by atoms with van der Waals surface area (Å²) in [6.45, 7) is 8.61. The van der Waals surface area contributed by atoms with Crippen molar-refractivity contribution in [3.8, 4) is 22.8 Å². The fourth-order valence-electron chi connectivity index (χ4n) is 3.33. The normalized spacial score (nSPS) is 13.8. The van der Waals surface area contributed by atoms with Crippen LogP contribution in [0.4, 0.5) is 5.69 Å². The monoisotopic (exact) mass is 394 g/mol. The van der Waals surface area contributed by atoms with Crippen LogP contribution in [0.25, 0.3) is 11.3 Å². The summed E-state index contributed by atoms with van der Waals surface area (Å²) in [6, 6.07) is 12.6. The number of rotatable bonds is 5. The van der Waals surface area contributed by atoms with Crippen molar-refractivity contribution in [2.24, 2.45) is 4.99 Å². The number of unbranched alkanes of at least 4 members (excludes halogenated alkanes) is 1. The van der Waals surface area contributed by atoms with E-state index in [1.54, 1.807) is 11.3 Å². The van der Waals surface area contributed by atoms with Crippen LogP contribution in [0.15, 0.2) is 46.8 Å². The van der Waals surface area contributed by atoms with Crippen molar-refractivity contribution < 1.29 is 9.47 Å². The minimum atomic E-state index is 0.600. The Morgan fingerprint density at radius 1 is 1.04 bits per heavy atom. The summed E-state index contributed by atoms with van der Waals surface area (Å²) >= 11 is 1.69. The second kappa shape index (κ2) is 8.23. The van der Waals surface area contributed by atoms with Crippen LogP contribution in [-0.4, -0.2) is 17.8 Å². The number of nitrogens with zero attached hydrogens (tertiary/aromatic N) is 2. The van der Waals surface area contributed by atoms with Crippen molar-refractivity contribution in [3.63, 3.8) is 0 Å². The highest BCUT2D eigenvalue weighted by molar-refractivity contribution is 7.07. The van der Waals surface area contributed by atoms with Gasteiger partial charge in [-0.15, -0.1) is 11.3 Å². The van der Waals surface area contributed by atoms with E-state index in [4.69, 9.17) is 14.5 Å². The van der Waals surface area contributed by atoms with E-state index in [0.29, 0.717) is 13.2 Å². The summed E-state index contributed by atoms with van der Waals surface area (Å²) in [5.74, 6) is 1.65. The molecular formula is C23H26N2O2S. The van der Waals surface area contributed by atoms with Gasteiger partial charge in [0.2, 0.25) is 0 Å². The van der Waals surface area contributed by atoms with Gasteiger partial charge in [0.1, 0.15) is 13.2 Å². The number of thiazole rings is 1. The maximum Gasteiger partial charge on any atom is 0.190 e. The molecule has 0 amide bonds. The summed E-state index contributed by atoms with van der Waals surface area (Å²) in [7, 11) is 0. The highest BCUT2D eigenvalue weighted by Crippen LogP contribution is 2.34. The molecule has 1 aliphatic rings. The Balaban J connectivity index is 1.81. The van der Waals surface area contributed by atoms with E-state index in [2.05, 4.69) is 61.1 Å². The number of fused-ring (bicyclic) bond motifs is 1. The molecule has 1 aromatic heterocycles. The van der Waals surface area contributed by atoms with E-state index in [9.17, 15) is 0 Å². The number of aryl methyl sites for hydroxylation is 2. The van der Waals surface area contributed by atoms with Gasteiger partial charge >= 0.3 is 0 Å². The van der Waals surface area contributed by atoms with Crippen molar-refractivity contribution >= 4 is 17.0 Å². The average Bonchev–Trinajstić information content (AvgIpc) is 3.11. The molecule has 4 nitrogen and oxygen atoms in total. The Hall–Kier alpha value is -2.53. The number of aromatic nitrogens is 1. The molecule has 146 valence electrons. The molecule has 0 unspecified atom stereocenters. The zero-order valence-corrected chi connectivity index (χ0v) is 17.5. The molecule has 3 aromatic rings. The second-order valence-corrected chi connectivity index (χ2v) is 8.01. The first-order valence-electron chi connectivity index (χ1n) is 9.86. The van der Waals surface area contributed by atoms with Gasteiger partial charge < -0.3 is 14.0 Å². The summed E-state index contributed by atoms with van der Waals surface area (Å²) in [6.07, 6.45) is 2.26. The van der Waals surface area contributed by atoms with Crippen LogP contribution in [-0.2, 0) is 6.54 Å².